The lowest BCUT2D eigenvalue weighted by Crippen LogP contribution is -2.36. The van der Waals surface area contributed by atoms with Gasteiger partial charge in [-0.05, 0) is 37.6 Å². The highest BCUT2D eigenvalue weighted by atomic mass is 32.2. The molecule has 4 nitrogen and oxygen atoms in total. The number of nitrogens with zero attached hydrogens (tertiary/aromatic N) is 1. The van der Waals surface area contributed by atoms with E-state index in [2.05, 4.69) is 18.3 Å². The van der Waals surface area contributed by atoms with Gasteiger partial charge in [0.15, 0.2) is 5.78 Å². The second kappa shape index (κ2) is 7.74. The second-order valence-corrected chi connectivity index (χ2v) is 7.67. The molecule has 0 spiro atoms. The van der Waals surface area contributed by atoms with Crippen LogP contribution in [-0.4, -0.2) is 30.0 Å². The zero-order valence-corrected chi connectivity index (χ0v) is 15.3. The summed E-state index contributed by atoms with van der Waals surface area (Å²) in [6.45, 7) is 4.60. The number of carbonyl (C=O) groups is 2. The number of hydrogen-bond acceptors (Lipinski definition) is 4. The summed E-state index contributed by atoms with van der Waals surface area (Å²) in [4.78, 5) is 27.6. The minimum Gasteiger partial charge on any atom is -0.376 e. The number of fused-ring (bicyclic) bond motifs is 1. The van der Waals surface area contributed by atoms with Crippen molar-refractivity contribution in [2.24, 2.45) is 0 Å². The summed E-state index contributed by atoms with van der Waals surface area (Å²) in [5.41, 5.74) is 2.29. The van der Waals surface area contributed by atoms with Crippen molar-refractivity contribution in [3.05, 3.63) is 54.1 Å². The molecule has 1 aliphatic rings. The van der Waals surface area contributed by atoms with Gasteiger partial charge in [-0.2, -0.15) is 0 Å². The number of rotatable bonds is 4. The summed E-state index contributed by atoms with van der Waals surface area (Å²) < 4.78 is 0. The van der Waals surface area contributed by atoms with Crippen molar-refractivity contribution in [3.63, 3.8) is 0 Å². The molecule has 2 aromatic rings. The van der Waals surface area contributed by atoms with E-state index in [4.69, 9.17) is 0 Å². The van der Waals surface area contributed by atoms with Crippen LogP contribution in [0.2, 0.25) is 0 Å². The fraction of sp³-hybridized carbons (Fsp3) is 0.300. The Hall–Kier alpha value is -2.27. The third-order valence-corrected chi connectivity index (χ3v) is 5.52. The van der Waals surface area contributed by atoms with Crippen molar-refractivity contribution in [3.8, 4) is 0 Å². The van der Waals surface area contributed by atoms with Crippen molar-refractivity contribution in [1.29, 1.82) is 0 Å². The van der Waals surface area contributed by atoms with E-state index in [-0.39, 0.29) is 18.2 Å². The molecule has 1 heterocycles. The number of carbonyl (C=O) groups excluding carboxylic acids is 2. The Labute approximate surface area is 152 Å². The number of Topliss-reactive ketones (excluding diaryl/α,β-unsaturated/α-hetero) is 1. The number of thioether (sulfide) groups is 1. The van der Waals surface area contributed by atoms with Gasteiger partial charge in [0.2, 0.25) is 5.91 Å². The Bertz CT molecular complexity index is 791. The van der Waals surface area contributed by atoms with Crippen LogP contribution in [0.15, 0.2) is 53.4 Å². The van der Waals surface area contributed by atoms with Gasteiger partial charge in [0.25, 0.3) is 0 Å². The molecule has 0 aromatic heterocycles. The van der Waals surface area contributed by atoms with Gasteiger partial charge in [-0.3, -0.25) is 9.59 Å². The fourth-order valence-corrected chi connectivity index (χ4v) is 4.07. The Balaban J connectivity index is 1.77. The highest BCUT2D eigenvalue weighted by molar-refractivity contribution is 8.00. The maximum atomic E-state index is 12.8. The van der Waals surface area contributed by atoms with Crippen LogP contribution < -0.4 is 10.2 Å². The molecule has 0 saturated carbocycles. The Kier molecular flexibility index (Phi) is 5.43. The van der Waals surface area contributed by atoms with Gasteiger partial charge < -0.3 is 10.2 Å². The number of hydrogen-bond donors (Lipinski definition) is 1. The van der Waals surface area contributed by atoms with E-state index in [1.54, 1.807) is 6.07 Å². The third-order valence-electron chi connectivity index (χ3n) is 4.28. The summed E-state index contributed by atoms with van der Waals surface area (Å²) in [6.07, 6.45) is 0.953. The van der Waals surface area contributed by atoms with Gasteiger partial charge >= 0.3 is 0 Å². The first kappa shape index (κ1) is 17.5. The summed E-state index contributed by atoms with van der Waals surface area (Å²) >= 11 is 1.82. The van der Waals surface area contributed by atoms with E-state index in [9.17, 15) is 9.59 Å². The fourth-order valence-electron chi connectivity index (χ4n) is 2.96. The predicted molar refractivity (Wildman–Crippen MR) is 104 cm³/mol. The molecule has 1 unspecified atom stereocenters. The molecule has 1 N–H and O–H groups in total. The minimum absolute atomic E-state index is 0.0131. The molecular weight excluding hydrogens is 332 g/mol. The molecule has 0 aliphatic carbocycles. The van der Waals surface area contributed by atoms with Crippen LogP contribution in [0.4, 0.5) is 11.4 Å². The number of ketones is 1. The monoisotopic (exact) mass is 354 g/mol. The van der Waals surface area contributed by atoms with E-state index >= 15 is 0 Å². The molecule has 25 heavy (non-hydrogen) atoms. The summed E-state index contributed by atoms with van der Waals surface area (Å²) in [6, 6.07) is 15.3. The SMILES string of the molecule is CC(=O)c1ccccc1NCC(=O)N1CCC(C)Sc2ccccc21. The van der Waals surface area contributed by atoms with Crippen LogP contribution in [0.3, 0.4) is 0 Å². The number of para-hydroxylation sites is 2. The molecule has 0 bridgehead atoms. The van der Waals surface area contributed by atoms with Gasteiger partial charge in [-0.15, -0.1) is 11.8 Å². The first-order valence-electron chi connectivity index (χ1n) is 8.46. The lowest BCUT2D eigenvalue weighted by Gasteiger charge is -2.23. The first-order chi connectivity index (χ1) is 12.1. The Morgan fingerprint density at radius 1 is 1.16 bits per heavy atom. The summed E-state index contributed by atoms with van der Waals surface area (Å²) in [5.74, 6) is 0.00129. The summed E-state index contributed by atoms with van der Waals surface area (Å²) in [5, 5.41) is 3.61. The maximum absolute atomic E-state index is 12.8. The standard InChI is InChI=1S/C20H22N2O2S/c1-14-11-12-22(18-9-5-6-10-19(18)25-14)20(24)13-21-17-8-4-3-7-16(17)15(2)23/h3-10,14,21H,11-13H2,1-2H3. The number of anilines is 2. The molecule has 0 fully saturated rings. The van der Waals surface area contributed by atoms with Gasteiger partial charge in [0.05, 0.1) is 12.2 Å². The van der Waals surface area contributed by atoms with Gasteiger partial charge in [0.1, 0.15) is 0 Å². The van der Waals surface area contributed by atoms with E-state index in [0.717, 1.165) is 17.0 Å². The maximum Gasteiger partial charge on any atom is 0.246 e. The van der Waals surface area contributed by atoms with E-state index in [1.807, 2.05) is 53.1 Å². The normalized spacial score (nSPS) is 16.7. The van der Waals surface area contributed by atoms with Crippen molar-refractivity contribution >= 4 is 34.8 Å². The van der Waals surface area contributed by atoms with Crippen molar-refractivity contribution in [2.45, 2.75) is 30.4 Å². The Morgan fingerprint density at radius 2 is 1.88 bits per heavy atom. The largest absolute Gasteiger partial charge is 0.376 e. The minimum atomic E-state index is -0.0131. The number of nitrogens with one attached hydrogen (secondary N) is 1. The van der Waals surface area contributed by atoms with Crippen molar-refractivity contribution < 1.29 is 9.59 Å². The first-order valence-corrected chi connectivity index (χ1v) is 9.34. The van der Waals surface area contributed by atoms with Crippen molar-refractivity contribution in [1.82, 2.24) is 0 Å². The summed E-state index contributed by atoms with van der Waals surface area (Å²) in [7, 11) is 0. The zero-order chi connectivity index (χ0) is 17.8. The highest BCUT2D eigenvalue weighted by Crippen LogP contribution is 2.37. The predicted octanol–water partition coefficient (Wildman–Crippen LogP) is 4.22. The van der Waals surface area contributed by atoms with Crippen LogP contribution in [0.5, 0.6) is 0 Å². The van der Waals surface area contributed by atoms with Crippen LogP contribution in [0.1, 0.15) is 30.6 Å². The third kappa shape index (κ3) is 4.04. The average Bonchev–Trinajstić information content (AvgIpc) is 2.78. The van der Waals surface area contributed by atoms with E-state index in [1.165, 1.54) is 6.92 Å². The molecule has 1 atom stereocenters. The smallest absolute Gasteiger partial charge is 0.246 e. The van der Waals surface area contributed by atoms with Crippen LogP contribution >= 0.6 is 11.8 Å². The molecule has 0 saturated heterocycles. The van der Waals surface area contributed by atoms with Crippen molar-refractivity contribution in [2.75, 3.05) is 23.3 Å². The molecule has 3 rings (SSSR count). The quantitative estimate of drug-likeness (QED) is 0.835. The highest BCUT2D eigenvalue weighted by Gasteiger charge is 2.24. The lowest BCUT2D eigenvalue weighted by atomic mass is 10.1. The van der Waals surface area contributed by atoms with Crippen LogP contribution in [-0.2, 0) is 4.79 Å². The second-order valence-electron chi connectivity index (χ2n) is 6.19. The molecular formula is C20H22N2O2S. The molecule has 5 heteroatoms. The van der Waals surface area contributed by atoms with Gasteiger partial charge in [-0.1, -0.05) is 31.2 Å². The average molecular weight is 354 g/mol. The zero-order valence-electron chi connectivity index (χ0n) is 14.5. The molecule has 130 valence electrons. The van der Waals surface area contributed by atoms with Gasteiger partial charge in [-0.25, -0.2) is 0 Å². The molecule has 1 amide bonds. The molecule has 1 aliphatic heterocycles. The van der Waals surface area contributed by atoms with Crippen LogP contribution in [0.25, 0.3) is 0 Å². The Morgan fingerprint density at radius 3 is 2.68 bits per heavy atom. The number of benzene rings is 2. The van der Waals surface area contributed by atoms with Gasteiger partial charge in [0, 0.05) is 27.9 Å². The number of amides is 1. The van der Waals surface area contributed by atoms with E-state index < -0.39 is 0 Å². The van der Waals surface area contributed by atoms with Crippen LogP contribution in [0, 0.1) is 0 Å². The molecule has 2 aromatic carbocycles. The van der Waals surface area contributed by atoms with E-state index in [0.29, 0.717) is 23.0 Å². The topological polar surface area (TPSA) is 49.4 Å². The molecule has 0 radical (unpaired) electrons. The lowest BCUT2D eigenvalue weighted by molar-refractivity contribution is -0.117.